The van der Waals surface area contributed by atoms with Gasteiger partial charge in [0.05, 0.1) is 23.0 Å². The molecule has 0 saturated carbocycles. The maximum atomic E-state index is 12.6. The van der Waals surface area contributed by atoms with Gasteiger partial charge in [-0.3, -0.25) is 4.79 Å². The standard InChI is InChI=1S/C18H17BrN2O3/c1-10-2-3-16-14(6-10)20-18(23)12-7-13(19)15(8-17(12)24-16)21-5-4-11(22)9-21/h2-3,6-8,11,22H,4-5,9H2,1H3,(H,20,23)/t11-/m0/s1. The smallest absolute Gasteiger partial charge is 0.259 e. The molecule has 4 rings (SSSR count). The summed E-state index contributed by atoms with van der Waals surface area (Å²) in [6.45, 7) is 3.33. The van der Waals surface area contributed by atoms with Gasteiger partial charge in [0.15, 0.2) is 5.75 Å². The van der Waals surface area contributed by atoms with Gasteiger partial charge in [0.1, 0.15) is 5.75 Å². The summed E-state index contributed by atoms with van der Waals surface area (Å²) in [5.41, 5.74) is 3.13. The fourth-order valence-corrected chi connectivity index (χ4v) is 3.74. The Morgan fingerprint density at radius 3 is 2.88 bits per heavy atom. The summed E-state index contributed by atoms with van der Waals surface area (Å²) < 4.78 is 6.83. The van der Waals surface area contributed by atoms with Crippen molar-refractivity contribution in [1.82, 2.24) is 0 Å². The fraction of sp³-hybridized carbons (Fsp3) is 0.278. The highest BCUT2D eigenvalue weighted by Crippen LogP contribution is 2.41. The Kier molecular flexibility index (Phi) is 3.73. The van der Waals surface area contributed by atoms with E-state index in [-0.39, 0.29) is 12.0 Å². The number of aliphatic hydroxyl groups excluding tert-OH is 1. The van der Waals surface area contributed by atoms with Crippen LogP contribution in [0.2, 0.25) is 0 Å². The molecule has 1 atom stereocenters. The van der Waals surface area contributed by atoms with E-state index in [1.54, 1.807) is 6.07 Å². The van der Waals surface area contributed by atoms with Crippen LogP contribution in [0.15, 0.2) is 34.8 Å². The largest absolute Gasteiger partial charge is 0.454 e. The lowest BCUT2D eigenvalue weighted by molar-refractivity contribution is 0.102. The van der Waals surface area contributed by atoms with Crippen LogP contribution in [0.5, 0.6) is 11.5 Å². The molecular formula is C18H17BrN2O3. The predicted molar refractivity (Wildman–Crippen MR) is 96.2 cm³/mol. The van der Waals surface area contributed by atoms with Gasteiger partial charge in [-0.2, -0.15) is 0 Å². The second-order valence-electron chi connectivity index (χ2n) is 6.24. The molecule has 2 aromatic carbocycles. The molecule has 1 saturated heterocycles. The molecule has 0 unspecified atom stereocenters. The maximum absolute atomic E-state index is 12.6. The van der Waals surface area contributed by atoms with E-state index in [0.717, 1.165) is 28.7 Å². The molecule has 2 N–H and O–H groups in total. The number of halogens is 1. The fourth-order valence-electron chi connectivity index (χ4n) is 3.15. The number of β-amino-alcohol motifs (C(OH)–C–C–N with tert-alkyl or cyclic N) is 1. The van der Waals surface area contributed by atoms with Crippen LogP contribution in [-0.2, 0) is 0 Å². The molecule has 24 heavy (non-hydrogen) atoms. The van der Waals surface area contributed by atoms with Crippen molar-refractivity contribution in [3.05, 3.63) is 45.9 Å². The van der Waals surface area contributed by atoms with Crippen LogP contribution in [-0.4, -0.2) is 30.2 Å². The second kappa shape index (κ2) is 5.79. The number of carbonyl (C=O) groups excluding carboxylic acids is 1. The van der Waals surface area contributed by atoms with Crippen molar-refractivity contribution >= 4 is 33.2 Å². The van der Waals surface area contributed by atoms with Crippen molar-refractivity contribution in [3.8, 4) is 11.5 Å². The van der Waals surface area contributed by atoms with Gasteiger partial charge in [0.25, 0.3) is 5.91 Å². The van der Waals surface area contributed by atoms with Gasteiger partial charge in [0.2, 0.25) is 0 Å². The number of hydrogen-bond donors (Lipinski definition) is 2. The Balaban J connectivity index is 1.78. The van der Waals surface area contributed by atoms with E-state index in [0.29, 0.717) is 29.3 Å². The van der Waals surface area contributed by atoms with E-state index in [4.69, 9.17) is 4.74 Å². The van der Waals surface area contributed by atoms with Gasteiger partial charge in [-0.15, -0.1) is 0 Å². The molecule has 6 heteroatoms. The first-order chi connectivity index (χ1) is 11.5. The third-order valence-electron chi connectivity index (χ3n) is 4.40. The van der Waals surface area contributed by atoms with Gasteiger partial charge in [-0.1, -0.05) is 6.07 Å². The number of nitrogens with zero attached hydrogens (tertiary/aromatic N) is 1. The van der Waals surface area contributed by atoms with Gasteiger partial charge in [-0.25, -0.2) is 0 Å². The van der Waals surface area contributed by atoms with Crippen molar-refractivity contribution in [2.24, 2.45) is 0 Å². The average Bonchev–Trinajstić information content (AvgIpc) is 2.91. The molecule has 5 nitrogen and oxygen atoms in total. The Morgan fingerprint density at radius 1 is 1.29 bits per heavy atom. The first-order valence-corrected chi connectivity index (χ1v) is 8.67. The van der Waals surface area contributed by atoms with Crippen molar-refractivity contribution in [3.63, 3.8) is 0 Å². The summed E-state index contributed by atoms with van der Waals surface area (Å²) in [6, 6.07) is 9.36. The van der Waals surface area contributed by atoms with Crippen LogP contribution in [0.25, 0.3) is 0 Å². The third kappa shape index (κ3) is 2.65. The van der Waals surface area contributed by atoms with E-state index >= 15 is 0 Å². The van der Waals surface area contributed by atoms with Crippen LogP contribution >= 0.6 is 15.9 Å². The molecule has 1 fully saturated rings. The first kappa shape index (κ1) is 15.5. The monoisotopic (exact) mass is 388 g/mol. The summed E-state index contributed by atoms with van der Waals surface area (Å²) in [7, 11) is 0. The van der Waals surface area contributed by atoms with Crippen LogP contribution < -0.4 is 15.0 Å². The molecule has 124 valence electrons. The van der Waals surface area contributed by atoms with Crippen molar-refractivity contribution in [2.45, 2.75) is 19.4 Å². The summed E-state index contributed by atoms with van der Waals surface area (Å²) in [6.07, 6.45) is 0.427. The zero-order valence-corrected chi connectivity index (χ0v) is 14.8. The molecule has 2 heterocycles. The van der Waals surface area contributed by atoms with E-state index in [2.05, 4.69) is 26.1 Å². The molecule has 2 aliphatic rings. The molecule has 0 radical (unpaired) electrons. The second-order valence-corrected chi connectivity index (χ2v) is 7.10. The number of benzene rings is 2. The Hall–Kier alpha value is -2.05. The number of anilines is 2. The lowest BCUT2D eigenvalue weighted by Gasteiger charge is -2.21. The Bertz CT molecular complexity index is 837. The van der Waals surface area contributed by atoms with E-state index < -0.39 is 0 Å². The molecule has 1 amide bonds. The van der Waals surface area contributed by atoms with E-state index in [1.807, 2.05) is 31.2 Å². The lowest BCUT2D eigenvalue weighted by atomic mass is 10.1. The number of ether oxygens (including phenoxy) is 1. The molecule has 0 aromatic heterocycles. The van der Waals surface area contributed by atoms with Crippen molar-refractivity contribution < 1.29 is 14.6 Å². The minimum absolute atomic E-state index is 0.192. The first-order valence-electron chi connectivity index (χ1n) is 7.87. The third-order valence-corrected chi connectivity index (χ3v) is 5.04. The van der Waals surface area contributed by atoms with E-state index in [9.17, 15) is 9.90 Å². The normalized spacial score (nSPS) is 19.2. The summed E-state index contributed by atoms with van der Waals surface area (Å²) in [5.74, 6) is 0.958. The number of fused-ring (bicyclic) bond motifs is 2. The van der Waals surface area contributed by atoms with Crippen LogP contribution in [0.3, 0.4) is 0 Å². The highest BCUT2D eigenvalue weighted by molar-refractivity contribution is 9.10. The molecule has 2 aliphatic heterocycles. The van der Waals surface area contributed by atoms with E-state index in [1.165, 1.54) is 0 Å². The highest BCUT2D eigenvalue weighted by Gasteiger charge is 2.27. The molecular weight excluding hydrogens is 372 g/mol. The van der Waals surface area contributed by atoms with Crippen LogP contribution in [0, 0.1) is 6.92 Å². The van der Waals surface area contributed by atoms with Gasteiger partial charge in [0, 0.05) is 23.6 Å². The topological polar surface area (TPSA) is 61.8 Å². The number of amides is 1. The number of aliphatic hydroxyl groups is 1. The predicted octanol–water partition coefficient (Wildman–Crippen LogP) is 3.69. The van der Waals surface area contributed by atoms with Gasteiger partial charge < -0.3 is 20.1 Å². The summed E-state index contributed by atoms with van der Waals surface area (Å²) >= 11 is 3.55. The molecule has 0 bridgehead atoms. The number of hydrogen-bond acceptors (Lipinski definition) is 4. The minimum atomic E-state index is -0.316. The Morgan fingerprint density at radius 2 is 2.12 bits per heavy atom. The molecule has 2 aromatic rings. The maximum Gasteiger partial charge on any atom is 0.259 e. The van der Waals surface area contributed by atoms with Crippen LogP contribution in [0.1, 0.15) is 22.3 Å². The zero-order valence-electron chi connectivity index (χ0n) is 13.2. The average molecular weight is 389 g/mol. The number of aryl methyl sites for hydroxylation is 1. The number of nitrogens with one attached hydrogen (secondary N) is 1. The molecule has 0 aliphatic carbocycles. The molecule has 0 spiro atoms. The summed E-state index contributed by atoms with van der Waals surface area (Å²) in [5, 5.41) is 12.7. The van der Waals surface area contributed by atoms with Gasteiger partial charge in [-0.05, 0) is 53.0 Å². The number of carbonyl (C=O) groups is 1. The minimum Gasteiger partial charge on any atom is -0.454 e. The summed E-state index contributed by atoms with van der Waals surface area (Å²) in [4.78, 5) is 14.6. The Labute approximate surface area is 148 Å². The van der Waals surface area contributed by atoms with Crippen molar-refractivity contribution in [2.75, 3.05) is 23.3 Å². The highest BCUT2D eigenvalue weighted by atomic mass is 79.9. The van der Waals surface area contributed by atoms with Gasteiger partial charge >= 0.3 is 0 Å². The number of rotatable bonds is 1. The van der Waals surface area contributed by atoms with Crippen molar-refractivity contribution in [1.29, 1.82) is 0 Å². The lowest BCUT2D eigenvalue weighted by Crippen LogP contribution is -2.22. The SMILES string of the molecule is Cc1ccc2c(c1)NC(=O)c1cc(Br)c(N3CC[C@H](O)C3)cc1O2. The van der Waals surface area contributed by atoms with Crippen LogP contribution in [0.4, 0.5) is 11.4 Å². The zero-order chi connectivity index (χ0) is 16.8. The quantitative estimate of drug-likeness (QED) is 0.781.